The van der Waals surface area contributed by atoms with Gasteiger partial charge in [0.15, 0.2) is 0 Å². The van der Waals surface area contributed by atoms with Gasteiger partial charge in [0.05, 0.1) is 6.10 Å². The van der Waals surface area contributed by atoms with Crippen molar-refractivity contribution in [3.8, 4) is 0 Å². The van der Waals surface area contributed by atoms with Gasteiger partial charge in [-0.05, 0) is 25.7 Å². The van der Waals surface area contributed by atoms with Crippen LogP contribution in [0.1, 0.15) is 39.5 Å². The van der Waals surface area contributed by atoms with Crippen molar-refractivity contribution in [2.75, 3.05) is 0 Å². The number of aliphatic carboxylic acids is 1. The molecule has 3 heteroatoms. The lowest BCUT2D eigenvalue weighted by molar-refractivity contribution is -0.311. The van der Waals surface area contributed by atoms with Gasteiger partial charge < -0.3 is 15.0 Å². The first-order chi connectivity index (χ1) is 5.54. The first-order valence-corrected chi connectivity index (χ1v) is 4.43. The van der Waals surface area contributed by atoms with E-state index in [0.717, 1.165) is 19.3 Å². The van der Waals surface area contributed by atoms with E-state index in [1.807, 2.05) is 0 Å². The highest BCUT2D eigenvalue weighted by atomic mass is 16.4. The van der Waals surface area contributed by atoms with E-state index in [1.165, 1.54) is 0 Å². The second-order valence-electron chi connectivity index (χ2n) is 3.35. The molecule has 12 heavy (non-hydrogen) atoms. The van der Waals surface area contributed by atoms with Gasteiger partial charge in [-0.25, -0.2) is 0 Å². The maximum absolute atomic E-state index is 10.3. The van der Waals surface area contributed by atoms with E-state index in [0.29, 0.717) is 6.42 Å². The van der Waals surface area contributed by atoms with Crippen LogP contribution in [0.15, 0.2) is 0 Å². The summed E-state index contributed by atoms with van der Waals surface area (Å²) < 4.78 is 0. The number of carboxylic acid groups (broad SMARTS) is 1. The number of rotatable bonds is 6. The molecule has 0 saturated heterocycles. The molecule has 72 valence electrons. The van der Waals surface area contributed by atoms with Crippen LogP contribution in [0.3, 0.4) is 0 Å². The Morgan fingerprint density at radius 1 is 1.33 bits per heavy atom. The number of aliphatic hydroxyl groups is 1. The fourth-order valence-electron chi connectivity index (χ4n) is 1.01. The number of hydrogen-bond donors (Lipinski definition) is 1. The van der Waals surface area contributed by atoms with Crippen LogP contribution in [0.25, 0.3) is 0 Å². The molecule has 0 fully saturated rings. The summed E-state index contributed by atoms with van der Waals surface area (Å²) in [4.78, 5) is 10.3. The molecule has 0 bridgehead atoms. The van der Waals surface area contributed by atoms with Gasteiger partial charge in [-0.15, -0.1) is 0 Å². The van der Waals surface area contributed by atoms with Gasteiger partial charge in [0.2, 0.25) is 0 Å². The Morgan fingerprint density at radius 2 is 1.83 bits per heavy atom. The minimum absolute atomic E-state index is 0.275. The van der Waals surface area contributed by atoms with Crippen molar-refractivity contribution in [2.45, 2.75) is 45.6 Å². The number of carbonyl (C=O) groups is 1. The zero-order valence-electron chi connectivity index (χ0n) is 7.75. The third-order valence-corrected chi connectivity index (χ3v) is 1.91. The predicted octanol–water partition coefficient (Wildman–Crippen LogP) is 0.314. The van der Waals surface area contributed by atoms with Gasteiger partial charge in [0.1, 0.15) is 0 Å². The summed E-state index contributed by atoms with van der Waals surface area (Å²) >= 11 is 0. The van der Waals surface area contributed by atoms with Crippen molar-refractivity contribution in [1.29, 1.82) is 0 Å². The molecule has 0 aliphatic heterocycles. The predicted molar refractivity (Wildman–Crippen MR) is 44.3 cm³/mol. The Hall–Kier alpha value is -0.570. The van der Waals surface area contributed by atoms with E-state index in [4.69, 9.17) is 5.11 Å². The van der Waals surface area contributed by atoms with Gasteiger partial charge in [-0.1, -0.05) is 19.8 Å². The normalized spacial score (nSPS) is 15.6. The monoisotopic (exact) mass is 173 g/mol. The smallest absolute Gasteiger partial charge is 0.0512 e. The molecule has 0 aromatic rings. The second-order valence-corrected chi connectivity index (χ2v) is 3.35. The van der Waals surface area contributed by atoms with Crippen LogP contribution in [0.4, 0.5) is 0 Å². The molecule has 0 aliphatic rings. The number of aliphatic hydroxyl groups excluding tert-OH is 1. The fraction of sp³-hybridized carbons (Fsp3) is 0.889. The SMILES string of the molecule is CC(O)CCCCC(C)C(=O)[O-]. The minimum atomic E-state index is -0.980. The number of hydrogen-bond acceptors (Lipinski definition) is 3. The van der Waals surface area contributed by atoms with Crippen LogP contribution in [-0.2, 0) is 4.79 Å². The lowest BCUT2D eigenvalue weighted by atomic mass is 10.0. The highest BCUT2D eigenvalue weighted by Gasteiger charge is 2.02. The first kappa shape index (κ1) is 11.4. The Bertz CT molecular complexity index is 132. The van der Waals surface area contributed by atoms with E-state index < -0.39 is 5.97 Å². The van der Waals surface area contributed by atoms with E-state index in [1.54, 1.807) is 13.8 Å². The molecule has 2 atom stereocenters. The van der Waals surface area contributed by atoms with E-state index >= 15 is 0 Å². The largest absolute Gasteiger partial charge is 0.550 e. The van der Waals surface area contributed by atoms with Gasteiger partial charge >= 0.3 is 0 Å². The molecular formula is C9H17O3-. The van der Waals surface area contributed by atoms with Crippen molar-refractivity contribution in [3.63, 3.8) is 0 Å². The Morgan fingerprint density at radius 3 is 2.25 bits per heavy atom. The molecule has 0 radical (unpaired) electrons. The molecule has 0 aliphatic carbocycles. The summed E-state index contributed by atoms with van der Waals surface area (Å²) in [6, 6.07) is 0. The van der Waals surface area contributed by atoms with Crippen molar-refractivity contribution < 1.29 is 15.0 Å². The summed E-state index contributed by atoms with van der Waals surface area (Å²) in [5.74, 6) is -1.34. The van der Waals surface area contributed by atoms with Crippen LogP contribution in [0.5, 0.6) is 0 Å². The average molecular weight is 173 g/mol. The van der Waals surface area contributed by atoms with Crippen LogP contribution >= 0.6 is 0 Å². The quantitative estimate of drug-likeness (QED) is 0.588. The van der Waals surface area contributed by atoms with Gasteiger partial charge in [-0.2, -0.15) is 0 Å². The van der Waals surface area contributed by atoms with Crippen molar-refractivity contribution in [3.05, 3.63) is 0 Å². The number of unbranched alkanes of at least 4 members (excludes halogenated alkanes) is 1. The molecule has 0 rings (SSSR count). The molecule has 2 unspecified atom stereocenters. The molecule has 0 amide bonds. The molecule has 0 saturated carbocycles. The molecule has 0 heterocycles. The van der Waals surface area contributed by atoms with Crippen LogP contribution in [-0.4, -0.2) is 17.2 Å². The summed E-state index contributed by atoms with van der Waals surface area (Å²) in [5, 5.41) is 19.2. The fourth-order valence-corrected chi connectivity index (χ4v) is 1.01. The molecular weight excluding hydrogens is 156 g/mol. The van der Waals surface area contributed by atoms with Crippen LogP contribution in [0.2, 0.25) is 0 Å². The number of carboxylic acids is 1. The third kappa shape index (κ3) is 6.16. The molecule has 1 N–H and O–H groups in total. The van der Waals surface area contributed by atoms with E-state index in [2.05, 4.69) is 0 Å². The van der Waals surface area contributed by atoms with E-state index in [-0.39, 0.29) is 12.0 Å². The highest BCUT2D eigenvalue weighted by molar-refractivity contribution is 5.66. The van der Waals surface area contributed by atoms with Crippen molar-refractivity contribution in [2.24, 2.45) is 5.92 Å². The Kier molecular flexibility index (Phi) is 5.72. The Labute approximate surface area is 73.4 Å². The molecule has 0 aromatic carbocycles. The highest BCUT2D eigenvalue weighted by Crippen LogP contribution is 2.09. The average Bonchev–Trinajstić information content (AvgIpc) is 1.97. The van der Waals surface area contributed by atoms with Crippen LogP contribution in [0, 0.1) is 5.92 Å². The summed E-state index contributed by atoms with van der Waals surface area (Å²) in [6.07, 6.45) is 2.85. The maximum atomic E-state index is 10.3. The lowest BCUT2D eigenvalue weighted by Crippen LogP contribution is -2.29. The Balaban J connectivity index is 3.25. The summed E-state index contributed by atoms with van der Waals surface area (Å²) in [7, 11) is 0. The van der Waals surface area contributed by atoms with Gasteiger partial charge in [0, 0.05) is 5.97 Å². The standard InChI is InChI=1S/C9H18O3/c1-7(9(11)12)5-3-4-6-8(2)10/h7-8,10H,3-6H2,1-2H3,(H,11,12)/p-1. The third-order valence-electron chi connectivity index (χ3n) is 1.91. The van der Waals surface area contributed by atoms with Crippen LogP contribution < -0.4 is 5.11 Å². The van der Waals surface area contributed by atoms with Crippen molar-refractivity contribution >= 4 is 5.97 Å². The van der Waals surface area contributed by atoms with E-state index in [9.17, 15) is 9.90 Å². The number of carbonyl (C=O) groups excluding carboxylic acids is 1. The topological polar surface area (TPSA) is 60.4 Å². The molecule has 0 spiro atoms. The zero-order valence-corrected chi connectivity index (χ0v) is 7.75. The minimum Gasteiger partial charge on any atom is -0.550 e. The van der Waals surface area contributed by atoms with Gasteiger partial charge in [-0.3, -0.25) is 0 Å². The first-order valence-electron chi connectivity index (χ1n) is 4.43. The summed E-state index contributed by atoms with van der Waals surface area (Å²) in [5.41, 5.74) is 0. The van der Waals surface area contributed by atoms with Crippen molar-refractivity contribution in [1.82, 2.24) is 0 Å². The molecule has 0 aromatic heterocycles. The lowest BCUT2D eigenvalue weighted by Gasteiger charge is -2.11. The second kappa shape index (κ2) is 6.00. The van der Waals surface area contributed by atoms with Gasteiger partial charge in [0.25, 0.3) is 0 Å². The molecule has 3 nitrogen and oxygen atoms in total. The zero-order chi connectivity index (χ0) is 9.56. The maximum Gasteiger partial charge on any atom is 0.0512 e. The summed E-state index contributed by atoms with van der Waals surface area (Å²) in [6.45, 7) is 3.39.